The molecule has 3 aromatic rings. The quantitative estimate of drug-likeness (QED) is 0.417. The third-order valence-electron chi connectivity index (χ3n) is 3.57. The van der Waals surface area contributed by atoms with E-state index in [1.54, 1.807) is 24.3 Å². The van der Waals surface area contributed by atoms with Crippen molar-refractivity contribution in [3.05, 3.63) is 63.5 Å². The molecule has 0 unspecified atom stereocenters. The van der Waals surface area contributed by atoms with Gasteiger partial charge in [-0.2, -0.15) is 15.6 Å². The maximum absolute atomic E-state index is 10.7. The van der Waals surface area contributed by atoms with Gasteiger partial charge in [0.25, 0.3) is 5.69 Å². The van der Waals surface area contributed by atoms with Crippen molar-refractivity contribution in [2.45, 2.75) is 0 Å². The summed E-state index contributed by atoms with van der Waals surface area (Å²) in [6.07, 6.45) is 1.45. The minimum Gasteiger partial charge on any atom is -0.457 e. The Morgan fingerprint density at radius 1 is 1.27 bits per heavy atom. The number of nitro benzene ring substituents is 1. The van der Waals surface area contributed by atoms with Crippen LogP contribution in [-0.2, 0) is 0 Å². The molecule has 126 valence electrons. The van der Waals surface area contributed by atoms with Gasteiger partial charge >= 0.3 is 0 Å². The largest absolute Gasteiger partial charge is 0.457 e. The molecular formula is C17H10N6O3. The van der Waals surface area contributed by atoms with Crippen molar-refractivity contribution in [3.8, 4) is 23.5 Å². The Morgan fingerprint density at radius 3 is 2.62 bits per heavy atom. The van der Waals surface area contributed by atoms with Crippen molar-refractivity contribution in [1.82, 2.24) is 10.2 Å². The third-order valence-corrected chi connectivity index (χ3v) is 3.57. The number of rotatable bonds is 4. The Balaban J connectivity index is 1.94. The van der Waals surface area contributed by atoms with Crippen LogP contribution >= 0.6 is 0 Å². The Kier molecular flexibility index (Phi) is 4.20. The topological polar surface area (TPSA) is 159 Å². The fraction of sp³-hybridized carbons (Fsp3) is 0. The SMILES string of the molecule is N#C/C(=C\c1ccc(-c2ccc([N+](=O)[O-])cc2)o1)c1[nH]nc(N)c1C#N. The smallest absolute Gasteiger partial charge is 0.269 e. The van der Waals surface area contributed by atoms with Gasteiger partial charge in [-0.25, -0.2) is 0 Å². The first kappa shape index (κ1) is 16.5. The summed E-state index contributed by atoms with van der Waals surface area (Å²) in [6, 6.07) is 13.1. The van der Waals surface area contributed by atoms with E-state index in [9.17, 15) is 15.4 Å². The van der Waals surface area contributed by atoms with Gasteiger partial charge in [-0.3, -0.25) is 15.2 Å². The molecule has 9 nitrogen and oxygen atoms in total. The van der Waals surface area contributed by atoms with Crippen LogP contribution in [0.5, 0.6) is 0 Å². The monoisotopic (exact) mass is 346 g/mol. The molecule has 0 bridgehead atoms. The molecule has 2 aromatic heterocycles. The Hall–Kier alpha value is -4.37. The van der Waals surface area contributed by atoms with Crippen molar-refractivity contribution >= 4 is 23.2 Å². The summed E-state index contributed by atoms with van der Waals surface area (Å²) >= 11 is 0. The van der Waals surface area contributed by atoms with E-state index in [0.29, 0.717) is 17.1 Å². The maximum Gasteiger partial charge on any atom is 0.269 e. The van der Waals surface area contributed by atoms with Crippen LogP contribution in [0.2, 0.25) is 0 Å². The van der Waals surface area contributed by atoms with Crippen molar-refractivity contribution < 1.29 is 9.34 Å². The fourth-order valence-electron chi connectivity index (χ4n) is 2.30. The van der Waals surface area contributed by atoms with Crippen LogP contribution in [0.15, 0.2) is 40.8 Å². The highest BCUT2D eigenvalue weighted by Gasteiger charge is 2.15. The molecule has 0 atom stereocenters. The lowest BCUT2D eigenvalue weighted by molar-refractivity contribution is -0.384. The van der Waals surface area contributed by atoms with E-state index in [4.69, 9.17) is 15.4 Å². The molecule has 0 aliphatic carbocycles. The highest BCUT2D eigenvalue weighted by atomic mass is 16.6. The number of allylic oxidation sites excluding steroid dienone is 1. The average Bonchev–Trinajstić information content (AvgIpc) is 3.26. The van der Waals surface area contributed by atoms with Gasteiger partial charge in [-0.15, -0.1) is 0 Å². The van der Waals surface area contributed by atoms with E-state index in [2.05, 4.69) is 10.2 Å². The number of aromatic amines is 1. The van der Waals surface area contributed by atoms with E-state index < -0.39 is 4.92 Å². The van der Waals surface area contributed by atoms with Gasteiger partial charge in [-0.05, 0) is 24.3 Å². The fourth-order valence-corrected chi connectivity index (χ4v) is 2.30. The number of H-pyrrole nitrogens is 1. The normalized spacial score (nSPS) is 10.9. The number of nitrogens with two attached hydrogens (primary N) is 1. The number of hydrogen-bond donors (Lipinski definition) is 2. The number of aromatic nitrogens is 2. The summed E-state index contributed by atoms with van der Waals surface area (Å²) in [5.74, 6) is 0.856. The summed E-state index contributed by atoms with van der Waals surface area (Å²) in [5, 5.41) is 35.5. The van der Waals surface area contributed by atoms with Crippen molar-refractivity contribution in [1.29, 1.82) is 10.5 Å². The van der Waals surface area contributed by atoms with Gasteiger partial charge < -0.3 is 10.2 Å². The standard InChI is InChI=1S/C17H10N6O3/c18-8-11(16-14(9-19)17(20)22-21-16)7-13-5-6-15(26-13)10-1-3-12(4-2-10)23(24)25/h1-7H,(H3,20,21,22)/b11-7+. The van der Waals surface area contributed by atoms with Crippen molar-refractivity contribution in [2.24, 2.45) is 0 Å². The first-order valence-electron chi connectivity index (χ1n) is 7.24. The second kappa shape index (κ2) is 6.63. The molecule has 0 spiro atoms. The Morgan fingerprint density at radius 2 is 2.00 bits per heavy atom. The first-order valence-corrected chi connectivity index (χ1v) is 7.24. The Labute approximate surface area is 146 Å². The lowest BCUT2D eigenvalue weighted by Crippen LogP contribution is -1.89. The van der Waals surface area contributed by atoms with E-state index in [0.717, 1.165) is 0 Å². The van der Waals surface area contributed by atoms with Crippen LogP contribution in [-0.4, -0.2) is 15.1 Å². The maximum atomic E-state index is 10.7. The zero-order valence-corrected chi connectivity index (χ0v) is 13.1. The number of hydrogen-bond acceptors (Lipinski definition) is 7. The molecule has 0 fully saturated rings. The zero-order chi connectivity index (χ0) is 18.7. The number of non-ortho nitro benzene ring substituents is 1. The molecule has 0 radical (unpaired) electrons. The number of nitriles is 2. The minimum absolute atomic E-state index is 0.00895. The summed E-state index contributed by atoms with van der Waals surface area (Å²) in [7, 11) is 0. The number of nitrogen functional groups attached to an aromatic ring is 1. The molecule has 1 aromatic carbocycles. The van der Waals surface area contributed by atoms with Crippen molar-refractivity contribution in [3.63, 3.8) is 0 Å². The average molecular weight is 346 g/mol. The molecule has 3 N–H and O–H groups in total. The van der Waals surface area contributed by atoms with Gasteiger partial charge in [0.05, 0.1) is 16.2 Å². The van der Waals surface area contributed by atoms with Gasteiger partial charge in [0, 0.05) is 23.8 Å². The van der Waals surface area contributed by atoms with Crippen LogP contribution in [0.4, 0.5) is 11.5 Å². The minimum atomic E-state index is -0.484. The molecule has 0 saturated heterocycles. The molecule has 0 aliphatic heterocycles. The summed E-state index contributed by atoms with van der Waals surface area (Å²) in [4.78, 5) is 10.2. The number of nitro groups is 1. The molecule has 9 heteroatoms. The third kappa shape index (κ3) is 3.00. The molecule has 26 heavy (non-hydrogen) atoms. The molecule has 0 amide bonds. The molecule has 2 heterocycles. The number of anilines is 1. The highest BCUT2D eigenvalue weighted by Crippen LogP contribution is 2.27. The van der Waals surface area contributed by atoms with Crippen molar-refractivity contribution in [2.75, 3.05) is 5.73 Å². The number of nitrogens with one attached hydrogen (secondary N) is 1. The summed E-state index contributed by atoms with van der Waals surface area (Å²) < 4.78 is 5.66. The molecular weight excluding hydrogens is 336 g/mol. The van der Waals surface area contributed by atoms with Gasteiger partial charge in [-0.1, -0.05) is 0 Å². The second-order valence-electron chi connectivity index (χ2n) is 5.15. The number of furan rings is 1. The van der Waals surface area contributed by atoms with E-state index in [1.807, 2.05) is 12.1 Å². The van der Waals surface area contributed by atoms with Crippen LogP contribution < -0.4 is 5.73 Å². The first-order chi connectivity index (χ1) is 12.5. The summed E-state index contributed by atoms with van der Waals surface area (Å²) in [6.45, 7) is 0. The molecule has 0 saturated carbocycles. The van der Waals surface area contributed by atoms with Gasteiger partial charge in [0.15, 0.2) is 5.82 Å². The van der Waals surface area contributed by atoms with Crippen LogP contribution in [0, 0.1) is 32.8 Å². The lowest BCUT2D eigenvalue weighted by atomic mass is 10.1. The lowest BCUT2D eigenvalue weighted by Gasteiger charge is -1.97. The second-order valence-corrected chi connectivity index (χ2v) is 5.15. The van der Waals surface area contributed by atoms with Gasteiger partial charge in [0.1, 0.15) is 29.2 Å². The van der Waals surface area contributed by atoms with E-state index >= 15 is 0 Å². The number of benzene rings is 1. The summed E-state index contributed by atoms with van der Waals surface area (Å²) in [5.41, 5.74) is 6.64. The highest BCUT2D eigenvalue weighted by molar-refractivity contribution is 5.90. The number of nitrogens with zero attached hydrogens (tertiary/aromatic N) is 4. The van der Waals surface area contributed by atoms with Crippen LogP contribution in [0.3, 0.4) is 0 Å². The molecule has 0 aliphatic rings. The predicted octanol–water partition coefficient (Wildman–Crippen LogP) is 3.10. The Bertz CT molecular complexity index is 1090. The van der Waals surface area contributed by atoms with E-state index in [-0.39, 0.29) is 28.3 Å². The van der Waals surface area contributed by atoms with Crippen LogP contribution in [0.1, 0.15) is 17.0 Å². The zero-order valence-electron chi connectivity index (χ0n) is 13.1. The molecule has 3 rings (SSSR count). The van der Waals surface area contributed by atoms with E-state index in [1.165, 1.54) is 18.2 Å². The van der Waals surface area contributed by atoms with Crippen LogP contribution in [0.25, 0.3) is 23.0 Å². The van der Waals surface area contributed by atoms with Gasteiger partial charge in [0.2, 0.25) is 0 Å². The predicted molar refractivity (Wildman–Crippen MR) is 92.0 cm³/mol.